The highest BCUT2D eigenvalue weighted by molar-refractivity contribution is 7.89. The molecule has 1 aromatic rings. The number of hydrogen-bond acceptors (Lipinski definition) is 2. The van der Waals surface area contributed by atoms with Crippen LogP contribution in [0.15, 0.2) is 23.1 Å². The molecule has 0 spiro atoms. The van der Waals surface area contributed by atoms with Gasteiger partial charge in [-0.3, -0.25) is 0 Å². The highest BCUT2D eigenvalue weighted by Crippen LogP contribution is 2.66. The molecule has 0 saturated heterocycles. The molecule has 2 atom stereocenters. The van der Waals surface area contributed by atoms with E-state index in [4.69, 9.17) is 23.2 Å². The number of sulfonamides is 1. The highest BCUT2D eigenvalue weighted by Gasteiger charge is 2.61. The van der Waals surface area contributed by atoms with Crippen molar-refractivity contribution in [1.29, 1.82) is 0 Å². The lowest BCUT2D eigenvalue weighted by molar-refractivity contribution is -0.110. The van der Waals surface area contributed by atoms with E-state index in [1.807, 2.05) is 0 Å². The van der Waals surface area contributed by atoms with Gasteiger partial charge in [0.2, 0.25) is 10.0 Å². The largest absolute Gasteiger partial charge is 0.242 e. The van der Waals surface area contributed by atoms with Crippen LogP contribution in [0.5, 0.6) is 0 Å². The molecule has 0 heterocycles. The van der Waals surface area contributed by atoms with Gasteiger partial charge in [-0.05, 0) is 67.4 Å². The maximum absolute atomic E-state index is 13.0. The van der Waals surface area contributed by atoms with Crippen molar-refractivity contribution in [3.63, 3.8) is 0 Å². The van der Waals surface area contributed by atoms with Crippen LogP contribution in [0.1, 0.15) is 52.4 Å². The van der Waals surface area contributed by atoms with E-state index in [1.54, 1.807) is 12.1 Å². The molecular weight excluding hydrogens is 365 g/mol. The normalized spacial score (nSPS) is 40.9. The van der Waals surface area contributed by atoms with Gasteiger partial charge in [0.1, 0.15) is 4.90 Å². The van der Waals surface area contributed by atoms with Crippen molar-refractivity contribution in [3.05, 3.63) is 28.2 Å². The van der Waals surface area contributed by atoms with E-state index in [2.05, 4.69) is 18.6 Å². The summed E-state index contributed by atoms with van der Waals surface area (Å²) in [4.78, 5) is 0.0859. The lowest BCUT2D eigenvalue weighted by atomic mass is 9.43. The third-order valence-electron chi connectivity index (χ3n) is 6.18. The lowest BCUT2D eigenvalue weighted by Gasteiger charge is -2.65. The second-order valence-electron chi connectivity index (χ2n) is 9.07. The molecule has 132 valence electrons. The fourth-order valence-electron chi connectivity index (χ4n) is 6.59. The van der Waals surface area contributed by atoms with E-state index in [0.717, 1.165) is 19.3 Å². The van der Waals surface area contributed by atoms with E-state index in [1.165, 1.54) is 25.3 Å². The predicted octanol–water partition coefficient (Wildman–Crippen LogP) is 5.02. The summed E-state index contributed by atoms with van der Waals surface area (Å²) in [5.74, 6) is 0.619. The van der Waals surface area contributed by atoms with Gasteiger partial charge in [0.25, 0.3) is 0 Å². The zero-order valence-electron chi connectivity index (χ0n) is 14.0. The Hall–Kier alpha value is -0.290. The zero-order valence-corrected chi connectivity index (χ0v) is 16.4. The van der Waals surface area contributed by atoms with E-state index >= 15 is 0 Å². The van der Waals surface area contributed by atoms with Gasteiger partial charge < -0.3 is 0 Å². The van der Waals surface area contributed by atoms with Gasteiger partial charge in [-0.2, -0.15) is 0 Å². The SMILES string of the molecule is CC12CC3CC(C)(C1)CC(NS(=O)(=O)c1cccc(Cl)c1Cl)(C3)C2. The third kappa shape index (κ3) is 2.70. The molecule has 3 nitrogen and oxygen atoms in total. The van der Waals surface area contributed by atoms with Crippen LogP contribution in [0.3, 0.4) is 0 Å². The predicted molar refractivity (Wildman–Crippen MR) is 96.9 cm³/mol. The summed E-state index contributed by atoms with van der Waals surface area (Å²) in [5.41, 5.74) is 0.150. The topological polar surface area (TPSA) is 46.2 Å². The Morgan fingerprint density at radius 2 is 1.67 bits per heavy atom. The molecule has 0 radical (unpaired) electrons. The highest BCUT2D eigenvalue weighted by atomic mass is 35.5. The number of hydrogen-bond donors (Lipinski definition) is 1. The maximum Gasteiger partial charge on any atom is 0.242 e. The molecule has 6 heteroatoms. The van der Waals surface area contributed by atoms with Gasteiger partial charge in [0.15, 0.2) is 0 Å². The van der Waals surface area contributed by atoms with Crippen LogP contribution in [0.25, 0.3) is 0 Å². The summed E-state index contributed by atoms with van der Waals surface area (Å²) in [7, 11) is -3.70. The molecule has 4 fully saturated rings. The Bertz CT molecular complexity index is 789. The van der Waals surface area contributed by atoms with Crippen molar-refractivity contribution in [2.75, 3.05) is 0 Å². The van der Waals surface area contributed by atoms with Crippen molar-refractivity contribution >= 4 is 33.2 Å². The van der Waals surface area contributed by atoms with Crippen LogP contribution in [-0.4, -0.2) is 14.0 Å². The molecule has 0 aromatic heterocycles. The molecular formula is C18H23Cl2NO2S. The third-order valence-corrected chi connectivity index (χ3v) is 8.73. The van der Waals surface area contributed by atoms with Crippen LogP contribution in [0, 0.1) is 16.7 Å². The first-order valence-electron chi connectivity index (χ1n) is 8.52. The lowest BCUT2D eigenvalue weighted by Crippen LogP contribution is -2.65. The summed E-state index contributed by atoms with van der Waals surface area (Å²) in [6, 6.07) is 4.77. The van der Waals surface area contributed by atoms with E-state index in [0.29, 0.717) is 5.92 Å². The van der Waals surface area contributed by atoms with Gasteiger partial charge in [0, 0.05) is 5.54 Å². The Balaban J connectivity index is 1.71. The molecule has 24 heavy (non-hydrogen) atoms. The van der Waals surface area contributed by atoms with Crippen molar-refractivity contribution in [2.24, 2.45) is 16.7 Å². The summed E-state index contributed by atoms with van der Waals surface area (Å²) in [6.45, 7) is 4.65. The van der Waals surface area contributed by atoms with Crippen LogP contribution >= 0.6 is 23.2 Å². The molecule has 4 saturated carbocycles. The number of nitrogens with one attached hydrogen (secondary N) is 1. The smallest absolute Gasteiger partial charge is 0.207 e. The van der Waals surface area contributed by atoms with Crippen molar-refractivity contribution in [2.45, 2.75) is 62.8 Å². The molecule has 4 bridgehead atoms. The summed E-state index contributed by atoms with van der Waals surface area (Å²) >= 11 is 12.2. The average molecular weight is 388 g/mol. The van der Waals surface area contributed by atoms with Gasteiger partial charge in [-0.15, -0.1) is 0 Å². The van der Waals surface area contributed by atoms with Crippen molar-refractivity contribution < 1.29 is 8.42 Å². The van der Waals surface area contributed by atoms with Crippen LogP contribution in [0.2, 0.25) is 10.0 Å². The van der Waals surface area contributed by atoms with E-state index < -0.39 is 10.0 Å². The fraction of sp³-hybridized carbons (Fsp3) is 0.667. The molecule has 4 aliphatic rings. The number of halogens is 2. The monoisotopic (exact) mass is 387 g/mol. The quantitative estimate of drug-likeness (QED) is 0.790. The van der Waals surface area contributed by atoms with E-state index in [-0.39, 0.29) is 31.3 Å². The standard InChI is InChI=1S/C18H23Cl2NO2S/c1-16-6-12-7-17(2,9-16)11-18(8-12,10-16)21-24(22,23)14-5-3-4-13(19)15(14)20/h3-5,12,21H,6-11H2,1-2H3. The Labute approximate surface area is 154 Å². The summed E-state index contributed by atoms with van der Waals surface area (Å²) < 4.78 is 29.2. The molecule has 5 rings (SSSR count). The van der Waals surface area contributed by atoms with Crippen LogP contribution < -0.4 is 4.72 Å². The van der Waals surface area contributed by atoms with Gasteiger partial charge in [0.05, 0.1) is 10.0 Å². The Morgan fingerprint density at radius 3 is 2.25 bits per heavy atom. The van der Waals surface area contributed by atoms with Crippen LogP contribution in [0.4, 0.5) is 0 Å². The van der Waals surface area contributed by atoms with Gasteiger partial charge in [-0.1, -0.05) is 43.1 Å². The van der Waals surface area contributed by atoms with Crippen molar-refractivity contribution in [3.8, 4) is 0 Å². The Kier molecular flexibility index (Phi) is 3.66. The van der Waals surface area contributed by atoms with Crippen molar-refractivity contribution in [1.82, 2.24) is 4.72 Å². The van der Waals surface area contributed by atoms with Gasteiger partial charge >= 0.3 is 0 Å². The second-order valence-corrected chi connectivity index (χ2v) is 11.5. The maximum atomic E-state index is 13.0. The Morgan fingerprint density at radius 1 is 1.04 bits per heavy atom. The van der Waals surface area contributed by atoms with Gasteiger partial charge in [-0.25, -0.2) is 13.1 Å². The number of benzene rings is 1. The molecule has 2 unspecified atom stereocenters. The summed E-state index contributed by atoms with van der Waals surface area (Å²) in [5, 5.41) is 0.373. The first-order chi connectivity index (χ1) is 11.0. The first kappa shape index (κ1) is 17.1. The molecule has 4 aliphatic carbocycles. The fourth-order valence-corrected chi connectivity index (χ4v) is 8.77. The minimum Gasteiger partial charge on any atom is -0.207 e. The molecule has 1 aromatic carbocycles. The minimum atomic E-state index is -3.70. The number of rotatable bonds is 3. The minimum absolute atomic E-state index is 0.0859. The van der Waals surface area contributed by atoms with E-state index in [9.17, 15) is 8.42 Å². The molecule has 0 aliphatic heterocycles. The second kappa shape index (κ2) is 5.12. The molecule has 0 amide bonds. The van der Waals surface area contributed by atoms with Crippen LogP contribution in [-0.2, 0) is 10.0 Å². The molecule has 1 N–H and O–H groups in total. The average Bonchev–Trinajstić information content (AvgIpc) is 2.35. The summed E-state index contributed by atoms with van der Waals surface area (Å²) in [6.07, 6.45) is 6.44. The zero-order chi connectivity index (χ0) is 17.4. The first-order valence-corrected chi connectivity index (χ1v) is 10.8.